The van der Waals surface area contributed by atoms with Crippen LogP contribution >= 0.6 is 0 Å². The standard InChI is InChI=1S/C23H32N4O8S/c1-7-12-34-27(36(32,33)20-11-9-8-10-17(20)26(30)31)19-14-25(22(29)35-23(4,5)6)18(21(24)28)13-16(19)15(2)3/h7-11,13,15,18-19H,1,12,14H2,2-6H3,(H2,24,28). The molecule has 2 atom stereocenters. The molecule has 0 aliphatic carbocycles. The first kappa shape index (κ1) is 28.9. The van der Waals surface area contributed by atoms with Crippen LogP contribution < -0.4 is 5.73 Å². The fourth-order valence-corrected chi connectivity index (χ4v) is 5.25. The Balaban J connectivity index is 2.72. The van der Waals surface area contributed by atoms with Crippen molar-refractivity contribution in [1.82, 2.24) is 9.37 Å². The smallest absolute Gasteiger partial charge is 0.411 e. The number of benzene rings is 1. The first-order valence-electron chi connectivity index (χ1n) is 11.1. The highest BCUT2D eigenvalue weighted by molar-refractivity contribution is 7.89. The van der Waals surface area contributed by atoms with Gasteiger partial charge in [0.25, 0.3) is 15.7 Å². The third-order valence-electron chi connectivity index (χ3n) is 5.18. The number of nitro benzene ring substituents is 1. The summed E-state index contributed by atoms with van der Waals surface area (Å²) < 4.78 is 33.6. The summed E-state index contributed by atoms with van der Waals surface area (Å²) >= 11 is 0. The average molecular weight is 525 g/mol. The zero-order valence-corrected chi connectivity index (χ0v) is 21.7. The molecule has 0 radical (unpaired) electrons. The number of carbonyl (C=O) groups excluding carboxylic acids is 2. The van der Waals surface area contributed by atoms with Crippen molar-refractivity contribution in [2.45, 2.75) is 57.2 Å². The minimum atomic E-state index is -4.65. The molecular formula is C23H32N4O8S. The van der Waals surface area contributed by atoms with Crippen LogP contribution in [0.15, 0.2) is 53.5 Å². The number of amides is 2. The molecule has 13 heteroatoms. The Morgan fingerprint density at radius 3 is 2.44 bits per heavy atom. The summed E-state index contributed by atoms with van der Waals surface area (Å²) in [6, 6.07) is 2.49. The normalized spacial score (nSPS) is 18.6. The molecule has 1 aliphatic rings. The van der Waals surface area contributed by atoms with E-state index in [0.29, 0.717) is 10.0 Å². The second-order valence-corrected chi connectivity index (χ2v) is 11.1. The topological polar surface area (TPSA) is 162 Å². The third kappa shape index (κ3) is 6.47. The third-order valence-corrected chi connectivity index (χ3v) is 6.91. The molecule has 2 rings (SSSR count). The number of hydroxylamine groups is 1. The van der Waals surface area contributed by atoms with Crippen molar-refractivity contribution in [3.63, 3.8) is 0 Å². The minimum Gasteiger partial charge on any atom is -0.444 e. The van der Waals surface area contributed by atoms with Crippen LogP contribution in [0.4, 0.5) is 10.5 Å². The molecule has 2 amide bonds. The fourth-order valence-electron chi connectivity index (χ4n) is 3.67. The van der Waals surface area contributed by atoms with Crippen LogP contribution in [-0.4, -0.2) is 65.5 Å². The number of nitro groups is 1. The summed E-state index contributed by atoms with van der Waals surface area (Å²) in [4.78, 5) is 42.0. The molecule has 0 saturated heterocycles. The average Bonchev–Trinajstić information content (AvgIpc) is 2.77. The molecule has 12 nitrogen and oxygen atoms in total. The Bertz CT molecular complexity index is 1160. The monoisotopic (exact) mass is 524 g/mol. The Morgan fingerprint density at radius 2 is 1.94 bits per heavy atom. The SMILES string of the molecule is C=CCON(C1CN(C(=O)OC(C)(C)C)C(C(N)=O)C=C1C(C)C)S(=O)(=O)c1ccccc1[N+](=O)[O-]. The molecule has 1 aliphatic heterocycles. The summed E-state index contributed by atoms with van der Waals surface area (Å²) in [7, 11) is -4.65. The molecule has 2 N–H and O–H groups in total. The minimum absolute atomic E-state index is 0.257. The van der Waals surface area contributed by atoms with Gasteiger partial charge >= 0.3 is 6.09 Å². The van der Waals surface area contributed by atoms with E-state index >= 15 is 0 Å². The maximum atomic E-state index is 13.8. The summed E-state index contributed by atoms with van der Waals surface area (Å²) in [6.07, 6.45) is 1.83. The van der Waals surface area contributed by atoms with Gasteiger partial charge in [-0.1, -0.05) is 42.6 Å². The molecule has 0 spiro atoms. The van der Waals surface area contributed by atoms with Crippen molar-refractivity contribution >= 4 is 27.7 Å². The summed E-state index contributed by atoms with van der Waals surface area (Å²) in [5, 5.41) is 11.6. The molecule has 36 heavy (non-hydrogen) atoms. The van der Waals surface area contributed by atoms with Crippen LogP contribution in [-0.2, 0) is 24.4 Å². The molecule has 1 aromatic rings. The summed E-state index contributed by atoms with van der Waals surface area (Å²) in [6.45, 7) is 11.4. The van der Waals surface area contributed by atoms with Crippen molar-refractivity contribution in [2.24, 2.45) is 11.7 Å². The van der Waals surface area contributed by atoms with E-state index in [9.17, 15) is 28.1 Å². The van der Waals surface area contributed by atoms with Crippen molar-refractivity contribution in [3.05, 3.63) is 58.7 Å². The van der Waals surface area contributed by atoms with Crippen LogP contribution in [0.3, 0.4) is 0 Å². The molecule has 0 bridgehead atoms. The van der Waals surface area contributed by atoms with Gasteiger partial charge in [-0.15, -0.1) is 6.58 Å². The number of nitrogens with two attached hydrogens (primary N) is 1. The predicted octanol–water partition coefficient (Wildman–Crippen LogP) is 2.76. The van der Waals surface area contributed by atoms with Crippen LogP contribution in [0.1, 0.15) is 34.6 Å². The van der Waals surface area contributed by atoms with Gasteiger partial charge in [0.2, 0.25) is 5.91 Å². The Morgan fingerprint density at radius 1 is 1.33 bits per heavy atom. The van der Waals surface area contributed by atoms with Gasteiger partial charge < -0.3 is 10.5 Å². The van der Waals surface area contributed by atoms with Crippen molar-refractivity contribution in [3.8, 4) is 0 Å². The molecule has 1 heterocycles. The maximum absolute atomic E-state index is 13.8. The van der Waals surface area contributed by atoms with Crippen LogP contribution in [0.5, 0.6) is 0 Å². The van der Waals surface area contributed by atoms with Gasteiger partial charge in [0.05, 0.1) is 17.6 Å². The van der Waals surface area contributed by atoms with E-state index in [0.717, 1.165) is 17.0 Å². The van der Waals surface area contributed by atoms with Gasteiger partial charge in [0.15, 0.2) is 4.90 Å². The van der Waals surface area contributed by atoms with Crippen LogP contribution in [0.25, 0.3) is 0 Å². The van der Waals surface area contributed by atoms with Gasteiger partial charge in [-0.25, -0.2) is 13.2 Å². The molecule has 0 aromatic heterocycles. The molecule has 2 unspecified atom stereocenters. The van der Waals surface area contributed by atoms with E-state index in [2.05, 4.69) is 6.58 Å². The molecule has 0 saturated carbocycles. The zero-order valence-electron chi connectivity index (χ0n) is 20.9. The Kier molecular flexibility index (Phi) is 8.99. The molecular weight excluding hydrogens is 492 g/mol. The van der Waals surface area contributed by atoms with Gasteiger partial charge in [-0.2, -0.15) is 0 Å². The highest BCUT2D eigenvalue weighted by atomic mass is 32.2. The van der Waals surface area contributed by atoms with E-state index in [1.807, 2.05) is 0 Å². The number of rotatable bonds is 9. The lowest BCUT2D eigenvalue weighted by Gasteiger charge is -2.42. The van der Waals surface area contributed by atoms with Gasteiger partial charge in [0, 0.05) is 12.6 Å². The van der Waals surface area contributed by atoms with Crippen molar-refractivity contribution in [1.29, 1.82) is 0 Å². The summed E-state index contributed by atoms with van der Waals surface area (Å²) in [5.41, 5.74) is 4.45. The van der Waals surface area contributed by atoms with E-state index in [-0.39, 0.29) is 19.1 Å². The van der Waals surface area contributed by atoms with Gasteiger partial charge in [-0.05, 0) is 38.3 Å². The number of sulfonamides is 1. The number of hydrogen-bond acceptors (Lipinski definition) is 8. The van der Waals surface area contributed by atoms with Crippen molar-refractivity contribution < 1.29 is 32.5 Å². The quantitative estimate of drug-likeness (QED) is 0.293. The lowest BCUT2D eigenvalue weighted by molar-refractivity contribution is -0.388. The molecule has 0 fully saturated rings. The van der Waals surface area contributed by atoms with Gasteiger partial charge in [-0.3, -0.25) is 24.6 Å². The fraction of sp³-hybridized carbons (Fsp3) is 0.478. The molecule has 198 valence electrons. The summed E-state index contributed by atoms with van der Waals surface area (Å²) in [5.74, 6) is -1.15. The number of para-hydroxylation sites is 1. The van der Waals surface area contributed by atoms with E-state index in [4.69, 9.17) is 15.3 Å². The maximum Gasteiger partial charge on any atom is 0.411 e. The molecule has 1 aromatic carbocycles. The number of nitrogens with zero attached hydrogens (tertiary/aromatic N) is 3. The second-order valence-electron chi connectivity index (χ2n) is 9.39. The largest absolute Gasteiger partial charge is 0.444 e. The zero-order chi connectivity index (χ0) is 27.4. The lowest BCUT2D eigenvalue weighted by atomic mass is 9.89. The number of ether oxygens (including phenoxy) is 1. The highest BCUT2D eigenvalue weighted by Crippen LogP contribution is 2.34. The number of primary amides is 1. The van der Waals surface area contributed by atoms with E-state index in [1.54, 1.807) is 34.6 Å². The Labute approximate surface area is 210 Å². The van der Waals surface area contributed by atoms with Crippen LogP contribution in [0, 0.1) is 16.0 Å². The first-order valence-corrected chi connectivity index (χ1v) is 12.6. The number of carbonyl (C=O) groups is 2. The second kappa shape index (κ2) is 11.2. The number of hydrogen-bond donors (Lipinski definition) is 1. The van der Waals surface area contributed by atoms with E-state index in [1.165, 1.54) is 24.3 Å². The van der Waals surface area contributed by atoms with Crippen molar-refractivity contribution in [2.75, 3.05) is 13.2 Å². The lowest BCUT2D eigenvalue weighted by Crippen LogP contribution is -2.59. The first-order chi connectivity index (χ1) is 16.6. The van der Waals surface area contributed by atoms with Crippen LogP contribution in [0.2, 0.25) is 0 Å². The van der Waals surface area contributed by atoms with Gasteiger partial charge in [0.1, 0.15) is 11.6 Å². The predicted molar refractivity (Wildman–Crippen MR) is 131 cm³/mol. The van der Waals surface area contributed by atoms with E-state index < -0.39 is 55.2 Å². The highest BCUT2D eigenvalue weighted by Gasteiger charge is 2.45. The Hall–Kier alpha value is -3.29.